The number of thiophene rings is 2. The summed E-state index contributed by atoms with van der Waals surface area (Å²) in [5.74, 6) is 0. The van der Waals surface area contributed by atoms with Crippen LogP contribution in [-0.2, 0) is 0 Å². The summed E-state index contributed by atoms with van der Waals surface area (Å²) in [6, 6.07) is 66.0. The summed E-state index contributed by atoms with van der Waals surface area (Å²) in [4.78, 5) is 11.4. The first kappa shape index (κ1) is 31.8. The molecule has 0 atom stereocenters. The Bertz CT molecular complexity index is 2800. The lowest BCUT2D eigenvalue weighted by Crippen LogP contribution is -1.75. The molecule has 0 radical (unpaired) electrons. The van der Waals surface area contributed by atoms with Gasteiger partial charge in [0.05, 0.1) is 0 Å². The summed E-state index contributed by atoms with van der Waals surface area (Å²) < 4.78 is 5.00. The van der Waals surface area contributed by atoms with Crippen molar-refractivity contribution in [3.63, 3.8) is 0 Å². The molecule has 0 aliphatic rings. The third kappa shape index (κ3) is 5.47. The van der Waals surface area contributed by atoms with E-state index in [4.69, 9.17) is 0 Å². The third-order valence-electron chi connectivity index (χ3n) is 10.7. The highest BCUT2D eigenvalue weighted by atomic mass is 32.1. The van der Waals surface area contributed by atoms with Crippen molar-refractivity contribution in [1.82, 2.24) is 15.0 Å². The standard InChI is InChI=1S/C50H33N3S2/c1-3-13-33-31(11-1)41-21-22-42(51-41)32-12-2-4-14-34(32)44-24-26-46(53-44)36-16-6-8-18-38(36)48-28-30-50(55-48)40-20-10-9-19-39(40)49-29-27-47(54-49)37-17-7-5-15-35(37)45-25-23-43(33)52-45/h1-30,51-53H. The Kier molecular flexibility index (Phi) is 7.54. The monoisotopic (exact) mass is 739 g/mol. The number of rotatable bonds is 0. The maximum atomic E-state index is 3.81. The molecule has 260 valence electrons. The number of aromatic nitrogens is 3. The molecule has 6 aromatic heterocycles. The molecule has 5 aromatic carbocycles. The van der Waals surface area contributed by atoms with E-state index in [0.717, 1.165) is 54.6 Å². The van der Waals surface area contributed by atoms with E-state index < -0.39 is 0 Å². The van der Waals surface area contributed by atoms with Gasteiger partial charge < -0.3 is 15.0 Å². The van der Waals surface area contributed by atoms with Crippen LogP contribution in [0.4, 0.5) is 0 Å². The zero-order chi connectivity index (χ0) is 36.3. The zero-order valence-corrected chi connectivity index (χ0v) is 31.3. The molecule has 3 N–H and O–H groups in total. The van der Waals surface area contributed by atoms with E-state index in [1.54, 1.807) is 0 Å². The molecule has 0 fully saturated rings. The number of benzene rings is 5. The van der Waals surface area contributed by atoms with Gasteiger partial charge in [-0.15, -0.1) is 22.7 Å². The molecule has 11 aromatic rings. The van der Waals surface area contributed by atoms with E-state index in [0.29, 0.717) is 0 Å². The maximum Gasteiger partial charge on any atom is 0.0465 e. The molecule has 55 heavy (non-hydrogen) atoms. The summed E-state index contributed by atoms with van der Waals surface area (Å²) in [5, 5.41) is 11.9. The maximum absolute atomic E-state index is 3.81. The van der Waals surface area contributed by atoms with Crippen LogP contribution in [0.15, 0.2) is 182 Å². The Morgan fingerprint density at radius 1 is 0.200 bits per heavy atom. The molecule has 0 aliphatic heterocycles. The van der Waals surface area contributed by atoms with Crippen LogP contribution < -0.4 is 0 Å². The lowest BCUT2D eigenvalue weighted by molar-refractivity contribution is 1.56. The van der Waals surface area contributed by atoms with Gasteiger partial charge in [-0.05, 0) is 60.7 Å². The Labute approximate surface area is 323 Å². The largest absolute Gasteiger partial charge is 0.355 e. The van der Waals surface area contributed by atoms with Crippen LogP contribution in [0.2, 0.25) is 0 Å². The van der Waals surface area contributed by atoms with Gasteiger partial charge in [0.15, 0.2) is 0 Å². The van der Waals surface area contributed by atoms with E-state index in [1.165, 1.54) is 51.1 Å². The minimum atomic E-state index is 1.07. The molecule has 0 saturated heterocycles. The second-order valence-corrected chi connectivity index (χ2v) is 16.1. The zero-order valence-electron chi connectivity index (χ0n) is 29.6. The van der Waals surface area contributed by atoms with Gasteiger partial charge in [0.1, 0.15) is 0 Å². The van der Waals surface area contributed by atoms with Crippen molar-refractivity contribution in [3.05, 3.63) is 182 Å². The van der Waals surface area contributed by atoms with Gasteiger partial charge in [0, 0.05) is 106 Å². The number of nitrogens with one attached hydrogen (secondary N) is 3. The van der Waals surface area contributed by atoms with Crippen LogP contribution in [0.5, 0.6) is 0 Å². The van der Waals surface area contributed by atoms with Gasteiger partial charge in [-0.25, -0.2) is 0 Å². The molecular weight excluding hydrogens is 707 g/mol. The highest BCUT2D eigenvalue weighted by molar-refractivity contribution is 7.26. The molecule has 0 unspecified atom stereocenters. The fourth-order valence-corrected chi connectivity index (χ4v) is 10.2. The average Bonchev–Trinajstić information content (AvgIpc) is 4.10. The first-order valence-electron chi connectivity index (χ1n) is 18.5. The van der Waals surface area contributed by atoms with Gasteiger partial charge in [-0.2, -0.15) is 0 Å². The number of hydrogen-bond donors (Lipinski definition) is 3. The predicted molar refractivity (Wildman–Crippen MR) is 242 cm³/mol. The Hall–Kier alpha value is -6.66. The summed E-state index contributed by atoms with van der Waals surface area (Å²) in [6.45, 7) is 0. The molecule has 10 bridgehead atoms. The van der Waals surface area contributed by atoms with E-state index in [1.807, 2.05) is 22.7 Å². The molecule has 6 heterocycles. The van der Waals surface area contributed by atoms with Crippen LogP contribution in [0.25, 0.3) is 106 Å². The SMILES string of the molecule is c1ccc2c3ccc([nH]3)c3ccccc3c3ccc(s3)c3ccccc3c3ccc(s3)c3ccccc3c3ccc([nH]3)c3ccccc3c3ccc([nH]3)c2c1. The quantitative estimate of drug-likeness (QED) is 0.139. The van der Waals surface area contributed by atoms with E-state index in [-0.39, 0.29) is 0 Å². The lowest BCUT2D eigenvalue weighted by atomic mass is 10.1. The fourth-order valence-electron chi connectivity index (χ4n) is 8.07. The van der Waals surface area contributed by atoms with Gasteiger partial charge in [-0.1, -0.05) is 121 Å². The highest BCUT2D eigenvalue weighted by Crippen LogP contribution is 2.36. The van der Waals surface area contributed by atoms with Gasteiger partial charge in [-0.3, -0.25) is 0 Å². The van der Waals surface area contributed by atoms with Crippen LogP contribution in [0, 0.1) is 0 Å². The molecule has 5 heteroatoms. The molecule has 0 aliphatic carbocycles. The Balaban J connectivity index is 1.31. The first-order valence-corrected chi connectivity index (χ1v) is 20.1. The topological polar surface area (TPSA) is 47.4 Å². The average molecular weight is 740 g/mol. The fraction of sp³-hybridized carbons (Fsp3) is 0. The molecular formula is C50H33N3S2. The normalized spacial score (nSPS) is 11.6. The number of fused-ring (bicyclic) bond motifs is 25. The van der Waals surface area contributed by atoms with Crippen LogP contribution in [-0.4, -0.2) is 15.0 Å². The highest BCUT2D eigenvalue weighted by Gasteiger charge is 2.07. The van der Waals surface area contributed by atoms with Crippen molar-refractivity contribution in [2.24, 2.45) is 0 Å². The summed E-state index contributed by atoms with van der Waals surface area (Å²) in [6.07, 6.45) is 0. The molecule has 0 saturated carbocycles. The van der Waals surface area contributed by atoms with E-state index in [9.17, 15) is 0 Å². The second kappa shape index (κ2) is 13.0. The predicted octanol–water partition coefficient (Wildman–Crippen LogP) is 15.3. The van der Waals surface area contributed by atoms with Gasteiger partial charge in [0.2, 0.25) is 0 Å². The summed E-state index contributed by atoms with van der Waals surface area (Å²) in [5.41, 5.74) is 6.50. The van der Waals surface area contributed by atoms with Crippen molar-refractivity contribution in [2.75, 3.05) is 0 Å². The molecule has 0 spiro atoms. The minimum Gasteiger partial charge on any atom is -0.355 e. The Morgan fingerprint density at radius 2 is 0.382 bits per heavy atom. The lowest BCUT2D eigenvalue weighted by Gasteiger charge is -1.98. The number of H-pyrrole nitrogens is 3. The van der Waals surface area contributed by atoms with Crippen molar-refractivity contribution in [2.45, 2.75) is 0 Å². The van der Waals surface area contributed by atoms with Crippen LogP contribution >= 0.6 is 22.7 Å². The van der Waals surface area contributed by atoms with Crippen molar-refractivity contribution >= 4 is 128 Å². The molecule has 11 rings (SSSR count). The number of aromatic amines is 3. The third-order valence-corrected chi connectivity index (χ3v) is 13.0. The van der Waals surface area contributed by atoms with Crippen molar-refractivity contribution in [3.8, 4) is 0 Å². The van der Waals surface area contributed by atoms with Gasteiger partial charge in [0.25, 0.3) is 0 Å². The van der Waals surface area contributed by atoms with Crippen LogP contribution in [0.3, 0.4) is 0 Å². The Morgan fingerprint density at radius 3 is 0.618 bits per heavy atom. The smallest absolute Gasteiger partial charge is 0.0465 e. The molecule has 0 amide bonds. The summed E-state index contributed by atoms with van der Waals surface area (Å²) >= 11 is 3.70. The van der Waals surface area contributed by atoms with E-state index in [2.05, 4.69) is 197 Å². The molecule has 3 nitrogen and oxygen atoms in total. The van der Waals surface area contributed by atoms with E-state index >= 15 is 0 Å². The van der Waals surface area contributed by atoms with Crippen LogP contribution in [0.1, 0.15) is 0 Å². The van der Waals surface area contributed by atoms with Gasteiger partial charge >= 0.3 is 0 Å². The minimum absolute atomic E-state index is 1.07. The first-order chi connectivity index (χ1) is 27.2. The number of hydrogen-bond acceptors (Lipinski definition) is 2. The summed E-state index contributed by atoms with van der Waals surface area (Å²) in [7, 11) is 0. The second-order valence-electron chi connectivity index (χ2n) is 13.9. The van der Waals surface area contributed by atoms with Crippen molar-refractivity contribution in [1.29, 1.82) is 0 Å². The van der Waals surface area contributed by atoms with Crippen molar-refractivity contribution < 1.29 is 0 Å².